The van der Waals surface area contributed by atoms with Crippen LogP contribution in [-0.4, -0.2) is 45.0 Å². The van der Waals surface area contributed by atoms with Crippen molar-refractivity contribution in [2.24, 2.45) is 0 Å². The molecule has 2 bridgehead atoms. The molecule has 6 nitrogen and oxygen atoms in total. The molecule has 94 valence electrons. The van der Waals surface area contributed by atoms with Crippen LogP contribution in [0.25, 0.3) is 5.82 Å². The van der Waals surface area contributed by atoms with Gasteiger partial charge in [0.25, 0.3) is 0 Å². The van der Waals surface area contributed by atoms with Crippen LogP contribution >= 0.6 is 0 Å². The van der Waals surface area contributed by atoms with E-state index < -0.39 is 0 Å². The van der Waals surface area contributed by atoms with E-state index in [1.807, 2.05) is 29.3 Å². The van der Waals surface area contributed by atoms with Gasteiger partial charge in [-0.25, -0.2) is 4.68 Å². The van der Waals surface area contributed by atoms with Gasteiger partial charge in [-0.15, -0.1) is 5.10 Å². The van der Waals surface area contributed by atoms with E-state index >= 15 is 0 Å². The molecule has 2 aromatic rings. The standard InChI is InChI=1S/C12H15N5O/c1-5-13-16(6-1)12-4-7-17(14-12)15-8-10-2-3-11(9-15)18-10/h1,4-7,10-11H,2-3,8-9H2/t10-,11+. The van der Waals surface area contributed by atoms with E-state index in [9.17, 15) is 0 Å². The minimum absolute atomic E-state index is 0.376. The van der Waals surface area contributed by atoms with E-state index in [0.717, 1.165) is 18.9 Å². The Hall–Kier alpha value is -1.82. The Morgan fingerprint density at radius 2 is 2.00 bits per heavy atom. The second-order valence-corrected chi connectivity index (χ2v) is 4.87. The summed E-state index contributed by atoms with van der Waals surface area (Å²) in [5.74, 6) is 0.846. The van der Waals surface area contributed by atoms with Crippen molar-refractivity contribution in [1.29, 1.82) is 0 Å². The van der Waals surface area contributed by atoms with Crippen molar-refractivity contribution in [3.05, 3.63) is 30.7 Å². The van der Waals surface area contributed by atoms with Crippen molar-refractivity contribution in [2.45, 2.75) is 25.0 Å². The molecular weight excluding hydrogens is 230 g/mol. The number of hydrogen-bond donors (Lipinski definition) is 0. The van der Waals surface area contributed by atoms with Crippen molar-refractivity contribution in [3.63, 3.8) is 0 Å². The Labute approximate surface area is 105 Å². The van der Waals surface area contributed by atoms with Crippen LogP contribution in [-0.2, 0) is 4.74 Å². The van der Waals surface area contributed by atoms with Gasteiger partial charge in [0.15, 0.2) is 5.82 Å². The molecule has 0 aliphatic carbocycles. The maximum Gasteiger partial charge on any atom is 0.177 e. The van der Waals surface area contributed by atoms with E-state index in [4.69, 9.17) is 4.74 Å². The molecule has 0 radical (unpaired) electrons. The van der Waals surface area contributed by atoms with Crippen LogP contribution in [0.1, 0.15) is 12.8 Å². The summed E-state index contributed by atoms with van der Waals surface area (Å²) in [6, 6.07) is 3.87. The highest BCUT2D eigenvalue weighted by molar-refractivity contribution is 5.19. The fourth-order valence-corrected chi connectivity index (χ4v) is 2.75. The molecule has 4 heterocycles. The zero-order chi connectivity index (χ0) is 11.9. The third kappa shape index (κ3) is 1.60. The lowest BCUT2D eigenvalue weighted by Crippen LogP contribution is -2.49. The highest BCUT2D eigenvalue weighted by Crippen LogP contribution is 2.25. The Bertz CT molecular complexity index is 522. The molecule has 0 spiro atoms. The summed E-state index contributed by atoms with van der Waals surface area (Å²) < 4.78 is 7.60. The number of fused-ring (bicyclic) bond motifs is 2. The summed E-state index contributed by atoms with van der Waals surface area (Å²) in [5.41, 5.74) is 0. The monoisotopic (exact) mass is 245 g/mol. The molecule has 0 unspecified atom stereocenters. The maximum absolute atomic E-state index is 5.83. The van der Waals surface area contributed by atoms with E-state index in [0.29, 0.717) is 12.2 Å². The molecule has 2 aliphatic rings. The van der Waals surface area contributed by atoms with Gasteiger partial charge in [-0.1, -0.05) is 0 Å². The zero-order valence-corrected chi connectivity index (χ0v) is 10.0. The van der Waals surface area contributed by atoms with Crippen LogP contribution in [0.2, 0.25) is 0 Å². The fourth-order valence-electron chi connectivity index (χ4n) is 2.75. The summed E-state index contributed by atoms with van der Waals surface area (Å²) in [6.45, 7) is 1.85. The van der Waals surface area contributed by atoms with Gasteiger partial charge in [0.05, 0.1) is 31.5 Å². The van der Waals surface area contributed by atoms with E-state index in [-0.39, 0.29) is 0 Å². The first kappa shape index (κ1) is 10.1. The second-order valence-electron chi connectivity index (χ2n) is 4.87. The summed E-state index contributed by atoms with van der Waals surface area (Å²) in [5, 5.41) is 11.0. The van der Waals surface area contributed by atoms with E-state index in [1.165, 1.54) is 12.8 Å². The van der Waals surface area contributed by atoms with Crippen molar-refractivity contribution >= 4 is 0 Å². The average Bonchev–Trinajstić information content (AvgIpc) is 3.09. The lowest BCUT2D eigenvalue weighted by molar-refractivity contribution is 0.0199. The summed E-state index contributed by atoms with van der Waals surface area (Å²) >= 11 is 0. The minimum Gasteiger partial charge on any atom is -0.371 e. The Morgan fingerprint density at radius 1 is 1.17 bits per heavy atom. The van der Waals surface area contributed by atoms with Crippen LogP contribution in [0.5, 0.6) is 0 Å². The number of hydrogen-bond acceptors (Lipinski definition) is 4. The topological polar surface area (TPSA) is 48.1 Å². The van der Waals surface area contributed by atoms with Gasteiger partial charge in [-0.2, -0.15) is 9.89 Å². The SMILES string of the molecule is c1cnn(-c2ccn(N3C[C@H]4CC[C@@H](C3)O4)n2)c1. The van der Waals surface area contributed by atoms with Crippen molar-refractivity contribution in [2.75, 3.05) is 18.1 Å². The van der Waals surface area contributed by atoms with Crippen molar-refractivity contribution in [1.82, 2.24) is 19.7 Å². The van der Waals surface area contributed by atoms with Gasteiger partial charge in [-0.05, 0) is 18.9 Å². The van der Waals surface area contributed by atoms with Crippen LogP contribution in [0.15, 0.2) is 30.7 Å². The second kappa shape index (κ2) is 3.84. The number of aromatic nitrogens is 4. The molecule has 0 saturated carbocycles. The van der Waals surface area contributed by atoms with Gasteiger partial charge in [-0.3, -0.25) is 5.01 Å². The molecular formula is C12H15N5O. The molecule has 2 atom stereocenters. The normalized spacial score (nSPS) is 26.8. The number of nitrogens with zero attached hydrogens (tertiary/aromatic N) is 5. The molecule has 2 fully saturated rings. The fraction of sp³-hybridized carbons (Fsp3) is 0.500. The average molecular weight is 245 g/mol. The number of ether oxygens (including phenoxy) is 1. The molecule has 6 heteroatoms. The third-order valence-corrected chi connectivity index (χ3v) is 3.62. The third-order valence-electron chi connectivity index (χ3n) is 3.62. The predicted octanol–water partition coefficient (Wildman–Crippen LogP) is 0.568. The largest absolute Gasteiger partial charge is 0.371 e. The van der Waals surface area contributed by atoms with E-state index in [1.54, 1.807) is 10.9 Å². The molecule has 2 aromatic heterocycles. The van der Waals surface area contributed by atoms with Gasteiger partial charge in [0.2, 0.25) is 0 Å². The highest BCUT2D eigenvalue weighted by atomic mass is 16.5. The van der Waals surface area contributed by atoms with Crippen molar-refractivity contribution in [3.8, 4) is 5.82 Å². The Kier molecular flexibility index (Phi) is 2.16. The van der Waals surface area contributed by atoms with Gasteiger partial charge in [0, 0.05) is 18.5 Å². The molecule has 0 aromatic carbocycles. The van der Waals surface area contributed by atoms with Crippen LogP contribution in [0.3, 0.4) is 0 Å². The van der Waals surface area contributed by atoms with Gasteiger partial charge >= 0.3 is 0 Å². The summed E-state index contributed by atoms with van der Waals surface area (Å²) in [6.07, 6.45) is 8.75. The molecule has 2 aliphatic heterocycles. The van der Waals surface area contributed by atoms with Crippen LogP contribution in [0.4, 0.5) is 0 Å². The number of morpholine rings is 1. The molecule has 0 N–H and O–H groups in total. The number of rotatable bonds is 2. The van der Waals surface area contributed by atoms with Crippen molar-refractivity contribution < 1.29 is 4.74 Å². The summed E-state index contributed by atoms with van der Waals surface area (Å²) in [7, 11) is 0. The van der Waals surface area contributed by atoms with E-state index in [2.05, 4.69) is 15.2 Å². The minimum atomic E-state index is 0.376. The van der Waals surface area contributed by atoms with Gasteiger partial charge < -0.3 is 4.74 Å². The quantitative estimate of drug-likeness (QED) is 0.776. The Morgan fingerprint density at radius 3 is 2.72 bits per heavy atom. The van der Waals surface area contributed by atoms with Crippen LogP contribution in [0, 0.1) is 0 Å². The first-order valence-electron chi connectivity index (χ1n) is 6.35. The first-order valence-corrected chi connectivity index (χ1v) is 6.35. The summed E-state index contributed by atoms with van der Waals surface area (Å²) in [4.78, 5) is 1.92. The highest BCUT2D eigenvalue weighted by Gasteiger charge is 2.34. The van der Waals surface area contributed by atoms with Gasteiger partial charge in [0.1, 0.15) is 0 Å². The predicted molar refractivity (Wildman–Crippen MR) is 65.2 cm³/mol. The lowest BCUT2D eigenvalue weighted by Gasteiger charge is -2.33. The molecule has 4 rings (SSSR count). The maximum atomic E-state index is 5.83. The molecule has 0 amide bonds. The first-order chi connectivity index (χ1) is 8.88. The zero-order valence-electron chi connectivity index (χ0n) is 10.0. The molecule has 18 heavy (non-hydrogen) atoms. The smallest absolute Gasteiger partial charge is 0.177 e. The Balaban J connectivity index is 1.58. The molecule has 2 saturated heterocycles. The lowest BCUT2D eigenvalue weighted by atomic mass is 10.2. The van der Waals surface area contributed by atoms with Crippen LogP contribution < -0.4 is 5.01 Å².